The van der Waals surface area contributed by atoms with Crippen LogP contribution >= 0.6 is 0 Å². The Morgan fingerprint density at radius 2 is 1.79 bits per heavy atom. The molecule has 0 spiro atoms. The minimum atomic E-state index is -3.96. The quantitative estimate of drug-likeness (QED) is 0.659. The zero-order chi connectivity index (χ0) is 24.3. The number of fused-ring (bicyclic) bond motifs is 1. The van der Waals surface area contributed by atoms with E-state index < -0.39 is 15.8 Å². The van der Waals surface area contributed by atoms with E-state index in [0.717, 1.165) is 24.1 Å². The van der Waals surface area contributed by atoms with Gasteiger partial charge in [-0.1, -0.05) is 36.1 Å². The predicted octanol–water partition coefficient (Wildman–Crippen LogP) is 2.35. The van der Waals surface area contributed by atoms with Crippen molar-refractivity contribution in [3.8, 4) is 11.8 Å². The summed E-state index contributed by atoms with van der Waals surface area (Å²) >= 11 is 0. The van der Waals surface area contributed by atoms with E-state index >= 15 is 0 Å². The third-order valence-corrected chi connectivity index (χ3v) is 8.61. The summed E-state index contributed by atoms with van der Waals surface area (Å²) in [5.41, 5.74) is 1.98. The van der Waals surface area contributed by atoms with Gasteiger partial charge in [-0.2, -0.15) is 4.31 Å². The highest BCUT2D eigenvalue weighted by Gasteiger charge is 2.50. The number of rotatable bonds is 5. The second-order valence-corrected chi connectivity index (χ2v) is 11.1. The Morgan fingerprint density at radius 3 is 2.47 bits per heavy atom. The number of hydrogen-bond donors (Lipinski definition) is 1. The summed E-state index contributed by atoms with van der Waals surface area (Å²) in [6.07, 6.45) is 1.52. The minimum Gasteiger partial charge on any atom is -0.395 e. The summed E-state index contributed by atoms with van der Waals surface area (Å²) in [6.45, 7) is 2.13. The fourth-order valence-corrected chi connectivity index (χ4v) is 6.57. The normalized spacial score (nSPS) is 23.9. The van der Waals surface area contributed by atoms with Gasteiger partial charge in [-0.3, -0.25) is 9.80 Å². The largest absolute Gasteiger partial charge is 0.395 e. The van der Waals surface area contributed by atoms with Crippen LogP contribution < -0.4 is 0 Å². The van der Waals surface area contributed by atoms with E-state index in [-0.39, 0.29) is 36.0 Å². The molecule has 1 N–H and O–H groups in total. The molecule has 2 aromatic carbocycles. The van der Waals surface area contributed by atoms with Crippen molar-refractivity contribution in [2.24, 2.45) is 0 Å². The van der Waals surface area contributed by atoms with E-state index in [0.29, 0.717) is 19.5 Å². The second-order valence-electron chi connectivity index (χ2n) is 9.24. The average molecular weight is 486 g/mol. The van der Waals surface area contributed by atoms with Gasteiger partial charge in [0.05, 0.1) is 13.2 Å². The molecule has 0 unspecified atom stereocenters. The van der Waals surface area contributed by atoms with Crippen LogP contribution in [-0.2, 0) is 10.0 Å². The number of hydrogen-bond acceptors (Lipinski definition) is 5. The molecule has 0 saturated carbocycles. The molecule has 2 saturated heterocycles. The summed E-state index contributed by atoms with van der Waals surface area (Å²) in [7, 11) is -0.0176. The van der Waals surface area contributed by atoms with Crippen molar-refractivity contribution < 1.29 is 17.9 Å². The Kier molecular flexibility index (Phi) is 7.70. The van der Waals surface area contributed by atoms with Crippen LogP contribution in [0.4, 0.5) is 4.39 Å². The lowest BCUT2D eigenvalue weighted by Gasteiger charge is -2.57. The molecule has 0 aromatic heterocycles. The molecule has 4 rings (SSSR count). The molecule has 3 atom stereocenters. The maximum Gasteiger partial charge on any atom is 0.246 e. The molecule has 0 radical (unpaired) electrons. The van der Waals surface area contributed by atoms with Gasteiger partial charge in [-0.05, 0) is 63.3 Å². The standard InChI is InChI=1S/C26H32FN3O3S/c1-28(2)15-7-8-20-11-13-21(14-12-20)26-23-18-29(16-5-6-17-30(23)24(26)19-31)34(32,33)25-10-4-3-9-22(25)27/h3-4,9-14,23-24,26,31H,5-6,15-19H2,1-2H3/t23-,24-,26-/m1/s1. The van der Waals surface area contributed by atoms with Gasteiger partial charge in [0.25, 0.3) is 0 Å². The average Bonchev–Trinajstić information content (AvgIpc) is 2.78. The van der Waals surface area contributed by atoms with E-state index in [9.17, 15) is 17.9 Å². The lowest BCUT2D eigenvalue weighted by Crippen LogP contribution is -2.67. The van der Waals surface area contributed by atoms with Crippen molar-refractivity contribution >= 4 is 10.0 Å². The van der Waals surface area contributed by atoms with Crippen molar-refractivity contribution in [2.45, 2.75) is 35.7 Å². The lowest BCUT2D eigenvalue weighted by atomic mass is 9.74. The van der Waals surface area contributed by atoms with E-state index in [2.05, 4.69) is 16.7 Å². The zero-order valence-corrected chi connectivity index (χ0v) is 20.5. The predicted molar refractivity (Wildman–Crippen MR) is 130 cm³/mol. The molecule has 2 heterocycles. The monoisotopic (exact) mass is 485 g/mol. The van der Waals surface area contributed by atoms with Gasteiger partial charge in [0, 0.05) is 36.7 Å². The molecule has 2 aromatic rings. The van der Waals surface area contributed by atoms with Crippen molar-refractivity contribution in [1.82, 2.24) is 14.1 Å². The molecular formula is C26H32FN3O3S. The molecule has 2 aliphatic rings. The zero-order valence-electron chi connectivity index (χ0n) is 19.7. The SMILES string of the molecule is CN(C)CC#Cc1ccc([C@H]2[C@@H](CO)N3CCCCN(S(=O)(=O)c4ccccc4F)C[C@H]23)cc1. The van der Waals surface area contributed by atoms with Crippen LogP contribution in [0.1, 0.15) is 29.9 Å². The highest BCUT2D eigenvalue weighted by molar-refractivity contribution is 7.89. The fraction of sp³-hybridized carbons (Fsp3) is 0.462. The van der Waals surface area contributed by atoms with Gasteiger partial charge in [-0.15, -0.1) is 0 Å². The maximum atomic E-state index is 14.4. The van der Waals surface area contributed by atoms with Crippen molar-refractivity contribution in [2.75, 3.05) is 46.9 Å². The van der Waals surface area contributed by atoms with Gasteiger partial charge in [0.15, 0.2) is 0 Å². The first-order chi connectivity index (χ1) is 16.3. The number of halogens is 1. The van der Waals surface area contributed by atoms with Crippen LogP contribution in [0.3, 0.4) is 0 Å². The van der Waals surface area contributed by atoms with Crippen molar-refractivity contribution in [1.29, 1.82) is 0 Å². The summed E-state index contributed by atoms with van der Waals surface area (Å²) in [5, 5.41) is 10.1. The number of nitrogens with zero attached hydrogens (tertiary/aromatic N) is 3. The topological polar surface area (TPSA) is 64.1 Å². The molecule has 8 heteroatoms. The van der Waals surface area contributed by atoms with E-state index in [1.54, 1.807) is 6.07 Å². The molecule has 0 aliphatic carbocycles. The van der Waals surface area contributed by atoms with Crippen LogP contribution in [0.2, 0.25) is 0 Å². The summed E-state index contributed by atoms with van der Waals surface area (Å²) in [5.74, 6) is 5.54. The first-order valence-electron chi connectivity index (χ1n) is 11.7. The fourth-order valence-electron chi connectivity index (χ4n) is 5.01. The van der Waals surface area contributed by atoms with Crippen LogP contribution in [0.5, 0.6) is 0 Å². The van der Waals surface area contributed by atoms with Crippen LogP contribution in [0.15, 0.2) is 53.4 Å². The number of benzene rings is 2. The summed E-state index contributed by atoms with van der Waals surface area (Å²) < 4.78 is 42.5. The summed E-state index contributed by atoms with van der Waals surface area (Å²) in [6, 6.07) is 13.4. The third-order valence-electron chi connectivity index (χ3n) is 6.71. The summed E-state index contributed by atoms with van der Waals surface area (Å²) in [4.78, 5) is 3.93. The molecule has 2 aliphatic heterocycles. The maximum absolute atomic E-state index is 14.4. The second kappa shape index (κ2) is 10.5. The highest BCUT2D eigenvalue weighted by atomic mass is 32.2. The van der Waals surface area contributed by atoms with Gasteiger partial charge in [0.2, 0.25) is 10.0 Å². The van der Waals surface area contributed by atoms with Gasteiger partial charge < -0.3 is 5.11 Å². The molecular weight excluding hydrogens is 453 g/mol. The number of sulfonamides is 1. The Morgan fingerprint density at radius 1 is 1.09 bits per heavy atom. The Balaban J connectivity index is 1.59. The van der Waals surface area contributed by atoms with Crippen LogP contribution in [0.25, 0.3) is 0 Å². The Bertz CT molecular complexity index is 1160. The van der Waals surface area contributed by atoms with Crippen LogP contribution in [0, 0.1) is 17.7 Å². The van der Waals surface area contributed by atoms with Gasteiger partial charge in [-0.25, -0.2) is 12.8 Å². The van der Waals surface area contributed by atoms with E-state index in [4.69, 9.17) is 0 Å². The molecule has 182 valence electrons. The number of aliphatic hydroxyl groups excluding tert-OH is 1. The number of aliphatic hydroxyl groups is 1. The van der Waals surface area contributed by atoms with Gasteiger partial charge >= 0.3 is 0 Å². The molecule has 0 bridgehead atoms. The van der Waals surface area contributed by atoms with E-state index in [1.165, 1.54) is 22.5 Å². The third kappa shape index (κ3) is 5.04. The van der Waals surface area contributed by atoms with Crippen molar-refractivity contribution in [3.63, 3.8) is 0 Å². The van der Waals surface area contributed by atoms with Crippen LogP contribution in [-0.4, -0.2) is 86.6 Å². The smallest absolute Gasteiger partial charge is 0.246 e. The Hall–Kier alpha value is -2.28. The van der Waals surface area contributed by atoms with E-state index in [1.807, 2.05) is 43.3 Å². The first kappa shape index (κ1) is 24.8. The molecule has 0 amide bonds. The molecule has 6 nitrogen and oxygen atoms in total. The van der Waals surface area contributed by atoms with Crippen molar-refractivity contribution in [3.05, 3.63) is 65.5 Å². The van der Waals surface area contributed by atoms with Gasteiger partial charge in [0.1, 0.15) is 10.7 Å². The lowest BCUT2D eigenvalue weighted by molar-refractivity contribution is -0.0554. The Labute approximate surface area is 202 Å². The first-order valence-corrected chi connectivity index (χ1v) is 13.1. The highest BCUT2D eigenvalue weighted by Crippen LogP contribution is 2.42. The minimum absolute atomic E-state index is 0.00558. The molecule has 34 heavy (non-hydrogen) atoms. The molecule has 2 fully saturated rings.